The first-order chi connectivity index (χ1) is 17.1. The maximum atomic E-state index is 13.3. The van der Waals surface area contributed by atoms with Gasteiger partial charge in [-0.25, -0.2) is 4.98 Å². The predicted molar refractivity (Wildman–Crippen MR) is 135 cm³/mol. The van der Waals surface area contributed by atoms with Gasteiger partial charge in [0, 0.05) is 37.3 Å². The summed E-state index contributed by atoms with van der Waals surface area (Å²) in [6.07, 6.45) is 5.29. The summed E-state index contributed by atoms with van der Waals surface area (Å²) in [4.78, 5) is 21.1. The van der Waals surface area contributed by atoms with Crippen LogP contribution in [0.4, 0.5) is 8.78 Å². The average molecular weight is 523 g/mol. The van der Waals surface area contributed by atoms with Crippen LogP contribution in [0.2, 0.25) is 0 Å². The van der Waals surface area contributed by atoms with E-state index in [1.807, 2.05) is 0 Å². The minimum atomic E-state index is -2.90. The van der Waals surface area contributed by atoms with Crippen molar-refractivity contribution in [1.29, 1.82) is 0 Å². The molecule has 1 aromatic carbocycles. The standard InChI is InChI=1S/C27H36F2N2O4S/c1-26(2,3)18-12-27(24(32)33-4,13-19-8-7-11-34-19)17-31(15-18)16-20-14-30-23(36-20)21-9-5-6-10-22(21)35-25(28)29/h5-6,9-10,14,18-19,25H,7-8,11-13,15-17H2,1-4H3/t18-,19+,27+/m1/s1. The largest absolute Gasteiger partial charge is 0.469 e. The topological polar surface area (TPSA) is 60.9 Å². The first-order valence-electron chi connectivity index (χ1n) is 12.5. The molecule has 2 aromatic rings. The summed E-state index contributed by atoms with van der Waals surface area (Å²) in [5.74, 6) is 0.236. The summed E-state index contributed by atoms with van der Waals surface area (Å²) in [5, 5.41) is 0.629. The second-order valence-corrected chi connectivity index (χ2v) is 12.2. The summed E-state index contributed by atoms with van der Waals surface area (Å²) in [6, 6.07) is 6.71. The van der Waals surface area contributed by atoms with E-state index in [0.29, 0.717) is 36.0 Å². The molecule has 3 atom stereocenters. The highest BCUT2D eigenvalue weighted by Gasteiger charge is 2.50. The Bertz CT molecular complexity index is 1030. The maximum absolute atomic E-state index is 13.3. The molecule has 0 aliphatic carbocycles. The first-order valence-corrected chi connectivity index (χ1v) is 13.3. The minimum Gasteiger partial charge on any atom is -0.469 e. The van der Waals surface area contributed by atoms with E-state index >= 15 is 0 Å². The number of para-hydroxylation sites is 1. The number of alkyl halides is 2. The van der Waals surface area contributed by atoms with Crippen molar-refractivity contribution in [3.8, 4) is 16.3 Å². The van der Waals surface area contributed by atoms with Gasteiger partial charge in [0.1, 0.15) is 10.8 Å². The number of piperidine rings is 1. The molecule has 1 aromatic heterocycles. The molecule has 2 aliphatic rings. The molecule has 3 heterocycles. The zero-order valence-corrected chi connectivity index (χ0v) is 22.3. The monoisotopic (exact) mass is 522 g/mol. The molecule has 0 bridgehead atoms. The quantitative estimate of drug-likeness (QED) is 0.396. The summed E-state index contributed by atoms with van der Waals surface area (Å²) in [5.41, 5.74) is -0.0769. The second kappa shape index (κ2) is 11.1. The lowest BCUT2D eigenvalue weighted by Gasteiger charge is -2.49. The van der Waals surface area contributed by atoms with Gasteiger partial charge in [-0.15, -0.1) is 11.3 Å². The number of benzene rings is 1. The number of halogens is 2. The molecule has 0 N–H and O–H groups in total. The number of thiazole rings is 1. The number of carbonyl (C=O) groups is 1. The molecule has 0 unspecified atom stereocenters. The number of likely N-dealkylation sites (tertiary alicyclic amines) is 1. The second-order valence-electron chi connectivity index (χ2n) is 11.1. The smallest absolute Gasteiger partial charge is 0.387 e. The first kappa shape index (κ1) is 26.9. The molecule has 4 rings (SSSR count). The Hall–Kier alpha value is -2.10. The maximum Gasteiger partial charge on any atom is 0.387 e. The van der Waals surface area contributed by atoms with Crippen LogP contribution in [-0.4, -0.2) is 55.4 Å². The van der Waals surface area contributed by atoms with Gasteiger partial charge in [0.05, 0.1) is 24.2 Å². The molecular weight excluding hydrogens is 486 g/mol. The number of nitrogens with zero attached hydrogens (tertiary/aromatic N) is 2. The van der Waals surface area contributed by atoms with Crippen LogP contribution in [0.3, 0.4) is 0 Å². The molecule has 6 nitrogen and oxygen atoms in total. The normalized spacial score (nSPS) is 25.3. The minimum absolute atomic E-state index is 0.0128. The molecule has 0 amide bonds. The third-order valence-corrected chi connectivity index (χ3v) is 8.41. The summed E-state index contributed by atoms with van der Waals surface area (Å²) < 4.78 is 41.8. The highest BCUT2D eigenvalue weighted by molar-refractivity contribution is 7.15. The van der Waals surface area contributed by atoms with E-state index in [2.05, 4.69) is 30.7 Å². The van der Waals surface area contributed by atoms with Gasteiger partial charge in [0.2, 0.25) is 0 Å². The molecule has 0 radical (unpaired) electrons. The van der Waals surface area contributed by atoms with Gasteiger partial charge in [-0.2, -0.15) is 8.78 Å². The summed E-state index contributed by atoms with van der Waals surface area (Å²) >= 11 is 1.46. The zero-order chi connectivity index (χ0) is 25.9. The van der Waals surface area contributed by atoms with E-state index in [1.54, 1.807) is 24.4 Å². The van der Waals surface area contributed by atoms with Crippen molar-refractivity contribution >= 4 is 17.3 Å². The van der Waals surface area contributed by atoms with E-state index in [9.17, 15) is 13.6 Å². The van der Waals surface area contributed by atoms with Crippen LogP contribution in [-0.2, 0) is 20.8 Å². The Morgan fingerprint density at radius 2 is 2.11 bits per heavy atom. The number of hydrogen-bond acceptors (Lipinski definition) is 7. The Morgan fingerprint density at radius 1 is 1.33 bits per heavy atom. The average Bonchev–Trinajstić information content (AvgIpc) is 3.50. The SMILES string of the molecule is COC(=O)[C@]1(C[C@@H]2CCCO2)C[C@@H](C(C)(C)C)CN(Cc2cnc(-c3ccccc3OC(F)F)s2)C1. The molecule has 9 heteroatoms. The van der Waals surface area contributed by atoms with Crippen molar-refractivity contribution in [2.24, 2.45) is 16.7 Å². The van der Waals surface area contributed by atoms with Crippen molar-refractivity contribution in [2.75, 3.05) is 26.8 Å². The van der Waals surface area contributed by atoms with Gasteiger partial charge >= 0.3 is 12.6 Å². The van der Waals surface area contributed by atoms with Crippen molar-refractivity contribution in [3.63, 3.8) is 0 Å². The lowest BCUT2D eigenvalue weighted by Crippen LogP contribution is -2.54. The molecule has 0 saturated carbocycles. The van der Waals surface area contributed by atoms with E-state index in [0.717, 1.165) is 37.3 Å². The Labute approximate surface area is 215 Å². The Kier molecular flexibility index (Phi) is 8.32. The van der Waals surface area contributed by atoms with E-state index in [4.69, 9.17) is 14.2 Å². The van der Waals surface area contributed by atoms with Crippen molar-refractivity contribution in [3.05, 3.63) is 35.3 Å². The van der Waals surface area contributed by atoms with Crippen molar-refractivity contribution < 1.29 is 27.8 Å². The fourth-order valence-corrected chi connectivity index (χ4v) is 6.49. The zero-order valence-electron chi connectivity index (χ0n) is 21.5. The molecule has 198 valence electrons. The highest BCUT2D eigenvalue weighted by atomic mass is 32.1. The number of hydrogen-bond donors (Lipinski definition) is 0. The molecular formula is C27H36F2N2O4S. The highest BCUT2D eigenvalue weighted by Crippen LogP contribution is 2.46. The number of carbonyl (C=O) groups excluding carboxylic acids is 1. The number of methoxy groups -OCH3 is 1. The van der Waals surface area contributed by atoms with Crippen molar-refractivity contribution in [1.82, 2.24) is 9.88 Å². The van der Waals surface area contributed by atoms with Crippen molar-refractivity contribution in [2.45, 2.75) is 65.7 Å². The number of esters is 1. The third-order valence-electron chi connectivity index (χ3n) is 7.39. The predicted octanol–water partition coefficient (Wildman–Crippen LogP) is 6.01. The van der Waals surface area contributed by atoms with Gasteiger partial charge in [0.15, 0.2) is 0 Å². The molecule has 36 heavy (non-hydrogen) atoms. The molecule has 2 saturated heterocycles. The van der Waals surface area contributed by atoms with Gasteiger partial charge in [0.25, 0.3) is 0 Å². The Balaban J connectivity index is 1.58. The van der Waals surface area contributed by atoms with Crippen LogP contribution in [0.5, 0.6) is 5.75 Å². The number of rotatable bonds is 8. The molecule has 2 aliphatic heterocycles. The lowest BCUT2D eigenvalue weighted by atomic mass is 9.65. The summed E-state index contributed by atoms with van der Waals surface area (Å²) in [6.45, 7) is 6.57. The van der Waals surface area contributed by atoms with E-state index in [1.165, 1.54) is 24.5 Å². The van der Waals surface area contributed by atoms with Gasteiger partial charge in [-0.3, -0.25) is 9.69 Å². The third kappa shape index (κ3) is 6.23. The van der Waals surface area contributed by atoms with Crippen LogP contribution in [0.15, 0.2) is 30.5 Å². The van der Waals surface area contributed by atoms with Crippen LogP contribution < -0.4 is 4.74 Å². The van der Waals surface area contributed by atoms with E-state index in [-0.39, 0.29) is 23.2 Å². The van der Waals surface area contributed by atoms with Crippen LogP contribution >= 0.6 is 11.3 Å². The van der Waals surface area contributed by atoms with E-state index < -0.39 is 12.0 Å². The van der Waals surface area contributed by atoms with Crippen LogP contribution in [0.1, 0.15) is 51.3 Å². The number of aromatic nitrogens is 1. The van der Waals surface area contributed by atoms with Gasteiger partial charge in [-0.05, 0) is 49.1 Å². The fraction of sp³-hybridized carbons (Fsp3) is 0.630. The molecule has 0 spiro atoms. The van der Waals surface area contributed by atoms with Crippen LogP contribution in [0.25, 0.3) is 10.6 Å². The Morgan fingerprint density at radius 3 is 2.78 bits per heavy atom. The number of ether oxygens (including phenoxy) is 3. The fourth-order valence-electron chi connectivity index (χ4n) is 5.51. The summed E-state index contributed by atoms with van der Waals surface area (Å²) in [7, 11) is 1.47. The van der Waals surface area contributed by atoms with Gasteiger partial charge in [-0.1, -0.05) is 32.9 Å². The van der Waals surface area contributed by atoms with Crippen LogP contribution in [0, 0.1) is 16.7 Å². The lowest BCUT2D eigenvalue weighted by molar-refractivity contribution is -0.163. The molecule has 2 fully saturated rings. The van der Waals surface area contributed by atoms with Gasteiger partial charge < -0.3 is 14.2 Å².